The van der Waals surface area contributed by atoms with Gasteiger partial charge in [0.1, 0.15) is 11.7 Å². The van der Waals surface area contributed by atoms with Crippen LogP contribution in [0.25, 0.3) is 0 Å². The minimum absolute atomic E-state index is 0.270. The maximum atomic E-state index is 12.1. The summed E-state index contributed by atoms with van der Waals surface area (Å²) < 4.78 is 10.7. The Morgan fingerprint density at radius 3 is 2.45 bits per heavy atom. The van der Waals surface area contributed by atoms with Gasteiger partial charge in [-0.25, -0.2) is 9.59 Å². The Morgan fingerprint density at radius 1 is 1.23 bits per heavy atom. The van der Waals surface area contributed by atoms with Gasteiger partial charge in [-0.2, -0.15) is 0 Å². The van der Waals surface area contributed by atoms with Crippen LogP contribution < -0.4 is 0 Å². The average Bonchev–Trinajstić information content (AvgIpc) is 2.79. The number of benzene rings is 1. The minimum atomic E-state index is -0.558. The van der Waals surface area contributed by atoms with Crippen molar-refractivity contribution >= 4 is 12.1 Å². The molecule has 0 aliphatic carbocycles. The molecule has 0 bridgehead atoms. The number of hydrogen-bond donors (Lipinski definition) is 0. The number of esters is 1. The van der Waals surface area contributed by atoms with Crippen LogP contribution in [0.1, 0.15) is 31.1 Å². The Labute approximate surface area is 130 Å². The van der Waals surface area contributed by atoms with Crippen LogP contribution in [0.4, 0.5) is 4.79 Å². The Hall–Kier alpha value is -2.30. The van der Waals surface area contributed by atoms with Gasteiger partial charge in [-0.15, -0.1) is 0 Å². The molecular weight excluding hydrogens is 282 g/mol. The van der Waals surface area contributed by atoms with Crippen LogP contribution in [0.3, 0.4) is 0 Å². The quantitative estimate of drug-likeness (QED) is 0.622. The number of likely N-dealkylation sites (tertiary alicyclic amines) is 1. The van der Waals surface area contributed by atoms with Crippen LogP contribution >= 0.6 is 0 Å². The lowest BCUT2D eigenvalue weighted by Gasteiger charge is -2.24. The highest BCUT2D eigenvalue weighted by atomic mass is 16.6. The van der Waals surface area contributed by atoms with Gasteiger partial charge in [0.05, 0.1) is 12.1 Å². The maximum absolute atomic E-state index is 12.1. The molecule has 1 fully saturated rings. The number of carbonyl (C=O) groups is 2. The summed E-state index contributed by atoms with van der Waals surface area (Å²) in [7, 11) is 0. The molecule has 1 aromatic rings. The molecule has 2 rings (SSSR count). The molecule has 0 radical (unpaired) electrons. The summed E-state index contributed by atoms with van der Waals surface area (Å²) in [4.78, 5) is 25.6. The van der Waals surface area contributed by atoms with Gasteiger partial charge in [0, 0.05) is 6.54 Å². The third-order valence-electron chi connectivity index (χ3n) is 3.15. The first-order chi connectivity index (χ1) is 10.3. The van der Waals surface area contributed by atoms with Crippen molar-refractivity contribution in [1.82, 2.24) is 4.90 Å². The van der Waals surface area contributed by atoms with Crippen molar-refractivity contribution in [3.05, 3.63) is 48.0 Å². The van der Waals surface area contributed by atoms with Gasteiger partial charge in [0.2, 0.25) is 0 Å². The van der Waals surface area contributed by atoms with Crippen molar-refractivity contribution in [2.45, 2.75) is 32.5 Å². The lowest BCUT2D eigenvalue weighted by Crippen LogP contribution is -2.36. The van der Waals surface area contributed by atoms with Crippen molar-refractivity contribution < 1.29 is 19.1 Å². The fraction of sp³-hybridized carbons (Fsp3) is 0.412. The molecule has 118 valence electrons. The molecule has 0 spiro atoms. The Kier molecular flexibility index (Phi) is 4.54. The van der Waals surface area contributed by atoms with Crippen LogP contribution in [-0.4, -0.2) is 41.8 Å². The zero-order chi connectivity index (χ0) is 16.3. The van der Waals surface area contributed by atoms with E-state index in [0.717, 1.165) is 0 Å². The first-order valence-corrected chi connectivity index (χ1v) is 7.18. The maximum Gasteiger partial charge on any atom is 0.410 e. The molecule has 1 atom stereocenters. The minimum Gasteiger partial charge on any atom is -0.452 e. The number of nitrogens with zero attached hydrogens (tertiary/aromatic N) is 1. The summed E-state index contributed by atoms with van der Waals surface area (Å²) in [6, 6.07) is 8.74. The molecule has 5 nitrogen and oxygen atoms in total. The van der Waals surface area contributed by atoms with E-state index in [4.69, 9.17) is 9.47 Å². The summed E-state index contributed by atoms with van der Waals surface area (Å²) in [6.07, 6.45) is -0.924. The standard InChI is InChI=1S/C17H21NO4/c1-12-10-18(16(20)22-17(2,3)4)11-14(12)21-15(19)13-8-6-5-7-9-13/h5-9,14H,1,10-11H2,2-4H3/t14-/m1/s1. The van der Waals surface area contributed by atoms with E-state index in [0.29, 0.717) is 17.7 Å². The van der Waals surface area contributed by atoms with Crippen LogP contribution in [-0.2, 0) is 9.47 Å². The molecular formula is C17H21NO4. The third kappa shape index (κ3) is 4.10. The van der Waals surface area contributed by atoms with Gasteiger partial charge >= 0.3 is 12.1 Å². The van der Waals surface area contributed by atoms with Crippen LogP contribution in [0.5, 0.6) is 0 Å². The average molecular weight is 303 g/mol. The van der Waals surface area contributed by atoms with Crippen molar-refractivity contribution in [3.63, 3.8) is 0 Å². The third-order valence-corrected chi connectivity index (χ3v) is 3.15. The molecule has 5 heteroatoms. The summed E-state index contributed by atoms with van der Waals surface area (Å²) >= 11 is 0. The lowest BCUT2D eigenvalue weighted by molar-refractivity contribution is 0.0202. The highest BCUT2D eigenvalue weighted by Gasteiger charge is 2.34. The molecule has 1 aromatic carbocycles. The molecule has 1 amide bonds. The second-order valence-electron chi connectivity index (χ2n) is 6.28. The van der Waals surface area contributed by atoms with Gasteiger partial charge in [-0.05, 0) is 38.5 Å². The van der Waals surface area contributed by atoms with Crippen molar-refractivity contribution in [2.24, 2.45) is 0 Å². The molecule has 0 unspecified atom stereocenters. The molecule has 0 aromatic heterocycles. The van der Waals surface area contributed by atoms with E-state index in [9.17, 15) is 9.59 Å². The fourth-order valence-electron chi connectivity index (χ4n) is 2.10. The predicted molar refractivity (Wildman–Crippen MR) is 82.6 cm³/mol. The van der Waals surface area contributed by atoms with Crippen molar-refractivity contribution in [2.75, 3.05) is 13.1 Å². The second-order valence-corrected chi connectivity index (χ2v) is 6.28. The van der Waals surface area contributed by atoms with Gasteiger partial charge in [0.25, 0.3) is 0 Å². The summed E-state index contributed by atoms with van der Waals surface area (Å²) in [5, 5.41) is 0. The molecule has 1 aliphatic heterocycles. The van der Waals surface area contributed by atoms with E-state index in [2.05, 4.69) is 6.58 Å². The molecule has 1 aliphatic rings. The molecule has 0 saturated carbocycles. The summed E-state index contributed by atoms with van der Waals surface area (Å²) in [5.41, 5.74) is 0.609. The number of hydrogen-bond acceptors (Lipinski definition) is 4. The van der Waals surface area contributed by atoms with E-state index in [1.807, 2.05) is 26.8 Å². The molecule has 1 saturated heterocycles. The highest BCUT2D eigenvalue weighted by molar-refractivity contribution is 5.89. The Balaban J connectivity index is 1.96. The molecule has 1 heterocycles. The second kappa shape index (κ2) is 6.22. The highest BCUT2D eigenvalue weighted by Crippen LogP contribution is 2.21. The molecule has 22 heavy (non-hydrogen) atoms. The molecule has 0 N–H and O–H groups in total. The Morgan fingerprint density at radius 2 is 1.86 bits per heavy atom. The lowest BCUT2D eigenvalue weighted by atomic mass is 10.2. The van der Waals surface area contributed by atoms with Crippen LogP contribution in [0.15, 0.2) is 42.5 Å². The van der Waals surface area contributed by atoms with Crippen LogP contribution in [0, 0.1) is 0 Å². The van der Waals surface area contributed by atoms with Crippen LogP contribution in [0.2, 0.25) is 0 Å². The fourth-order valence-corrected chi connectivity index (χ4v) is 2.10. The zero-order valence-corrected chi connectivity index (χ0v) is 13.2. The number of rotatable bonds is 2. The first-order valence-electron chi connectivity index (χ1n) is 7.18. The summed E-state index contributed by atoms with van der Waals surface area (Å²) in [5.74, 6) is -0.419. The Bertz CT molecular complexity index is 574. The van der Waals surface area contributed by atoms with Gasteiger partial charge < -0.3 is 14.4 Å². The van der Waals surface area contributed by atoms with E-state index >= 15 is 0 Å². The van der Waals surface area contributed by atoms with Crippen molar-refractivity contribution in [1.29, 1.82) is 0 Å². The van der Waals surface area contributed by atoms with E-state index in [-0.39, 0.29) is 6.54 Å². The number of amides is 1. The van der Waals surface area contributed by atoms with Gasteiger partial charge in [-0.1, -0.05) is 24.8 Å². The van der Waals surface area contributed by atoms with Gasteiger partial charge in [-0.3, -0.25) is 0 Å². The van der Waals surface area contributed by atoms with E-state index < -0.39 is 23.8 Å². The normalized spacial score (nSPS) is 18.2. The zero-order valence-electron chi connectivity index (χ0n) is 13.2. The van der Waals surface area contributed by atoms with E-state index in [1.165, 1.54) is 4.90 Å². The predicted octanol–water partition coefficient (Wildman–Crippen LogP) is 3.02. The monoisotopic (exact) mass is 303 g/mol. The van der Waals surface area contributed by atoms with Gasteiger partial charge in [0.15, 0.2) is 0 Å². The summed E-state index contributed by atoms with van der Waals surface area (Å²) in [6.45, 7) is 9.91. The number of carbonyl (C=O) groups excluding carboxylic acids is 2. The smallest absolute Gasteiger partial charge is 0.410 e. The topological polar surface area (TPSA) is 55.8 Å². The largest absolute Gasteiger partial charge is 0.452 e. The SMILES string of the molecule is C=C1CN(C(=O)OC(C)(C)C)C[C@H]1OC(=O)c1ccccc1. The first kappa shape index (κ1) is 16.1. The van der Waals surface area contributed by atoms with Crippen molar-refractivity contribution in [3.8, 4) is 0 Å². The van der Waals surface area contributed by atoms with E-state index in [1.54, 1.807) is 24.3 Å². The number of ether oxygens (including phenoxy) is 2.